The van der Waals surface area contributed by atoms with Gasteiger partial charge in [-0.1, -0.05) is 86.4 Å². The molecule has 0 saturated carbocycles. The molecule has 0 amide bonds. The van der Waals surface area contributed by atoms with Crippen LogP contribution >= 0.6 is 0 Å². The lowest BCUT2D eigenvalue weighted by atomic mass is 9.94. The Morgan fingerprint density at radius 3 is 2.33 bits per heavy atom. The van der Waals surface area contributed by atoms with Crippen molar-refractivity contribution in [3.63, 3.8) is 0 Å². The van der Waals surface area contributed by atoms with Crippen LogP contribution in [0.25, 0.3) is 22.4 Å². The van der Waals surface area contributed by atoms with E-state index in [9.17, 15) is 0 Å². The molecule has 0 aromatic heterocycles. The molecule has 0 fully saturated rings. The predicted octanol–water partition coefficient (Wildman–Crippen LogP) is 6.66. The van der Waals surface area contributed by atoms with Gasteiger partial charge < -0.3 is 0 Å². The van der Waals surface area contributed by atoms with Gasteiger partial charge in [0.2, 0.25) is 0 Å². The minimum atomic E-state index is -1.39. The summed E-state index contributed by atoms with van der Waals surface area (Å²) in [6.07, 6.45) is 2.44. The van der Waals surface area contributed by atoms with Crippen molar-refractivity contribution in [1.82, 2.24) is 0 Å². The summed E-state index contributed by atoms with van der Waals surface area (Å²) in [6.45, 7) is 9.69. The Balaban J connectivity index is 2.00. The fourth-order valence-electron chi connectivity index (χ4n) is 4.19. The standard InChI is InChI=1S/C23H24Si/c1-16-13-17-9-5-7-11-19(17)21(14-16)22-15-18-10-6-8-12-20(18)23(22)24(2,3)4/h5-15,23H,1-4H3. The number of allylic oxidation sites excluding steroid dienone is 1. The van der Waals surface area contributed by atoms with E-state index in [1.807, 2.05) is 0 Å². The maximum atomic E-state index is 2.49. The molecular weight excluding hydrogens is 304 g/mol. The molecule has 1 aliphatic carbocycles. The van der Waals surface area contributed by atoms with Gasteiger partial charge in [0.05, 0.1) is 8.07 Å². The van der Waals surface area contributed by atoms with Crippen LogP contribution in [0.5, 0.6) is 0 Å². The van der Waals surface area contributed by atoms with Gasteiger partial charge in [-0.25, -0.2) is 0 Å². The maximum absolute atomic E-state index is 2.49. The van der Waals surface area contributed by atoms with Gasteiger partial charge >= 0.3 is 0 Å². The zero-order valence-electron chi connectivity index (χ0n) is 14.9. The van der Waals surface area contributed by atoms with E-state index in [2.05, 4.69) is 93.3 Å². The van der Waals surface area contributed by atoms with Crippen molar-refractivity contribution in [2.45, 2.75) is 32.1 Å². The van der Waals surface area contributed by atoms with Crippen molar-refractivity contribution >= 4 is 30.5 Å². The van der Waals surface area contributed by atoms with Crippen molar-refractivity contribution in [3.8, 4) is 0 Å². The van der Waals surface area contributed by atoms with Gasteiger partial charge in [-0.3, -0.25) is 0 Å². The fourth-order valence-corrected chi connectivity index (χ4v) is 6.56. The van der Waals surface area contributed by atoms with Gasteiger partial charge in [0.1, 0.15) is 0 Å². The van der Waals surface area contributed by atoms with E-state index < -0.39 is 8.07 Å². The summed E-state index contributed by atoms with van der Waals surface area (Å²) >= 11 is 0. The van der Waals surface area contributed by atoms with E-state index in [4.69, 9.17) is 0 Å². The summed E-state index contributed by atoms with van der Waals surface area (Å²) in [5.74, 6) is 0. The maximum Gasteiger partial charge on any atom is 0.0574 e. The highest BCUT2D eigenvalue weighted by Gasteiger charge is 2.36. The molecule has 0 nitrogen and oxygen atoms in total. The van der Waals surface area contributed by atoms with Gasteiger partial charge in [-0.2, -0.15) is 0 Å². The SMILES string of the molecule is Cc1cc(C2=Cc3ccccc3C2[Si](C)(C)C)c2ccccc2c1. The first-order chi connectivity index (χ1) is 11.4. The van der Waals surface area contributed by atoms with Gasteiger partial charge in [0, 0.05) is 5.54 Å². The summed E-state index contributed by atoms with van der Waals surface area (Å²) < 4.78 is 0. The smallest absolute Gasteiger partial charge is 0.0574 e. The predicted molar refractivity (Wildman–Crippen MR) is 109 cm³/mol. The lowest BCUT2D eigenvalue weighted by Gasteiger charge is -2.30. The molecule has 0 aliphatic heterocycles. The number of aryl methyl sites for hydroxylation is 1. The van der Waals surface area contributed by atoms with E-state index in [1.165, 1.54) is 38.6 Å². The topological polar surface area (TPSA) is 0 Å². The quantitative estimate of drug-likeness (QED) is 0.461. The van der Waals surface area contributed by atoms with Crippen LogP contribution < -0.4 is 0 Å². The third kappa shape index (κ3) is 2.44. The Bertz CT molecular complexity index is 957. The first-order valence-electron chi connectivity index (χ1n) is 8.75. The second-order valence-corrected chi connectivity index (χ2v) is 13.4. The molecule has 0 saturated heterocycles. The van der Waals surface area contributed by atoms with Crippen LogP contribution in [0.3, 0.4) is 0 Å². The second kappa shape index (κ2) is 5.46. The minimum Gasteiger partial charge on any atom is -0.0688 e. The molecule has 1 heteroatoms. The fraction of sp³-hybridized carbons (Fsp3) is 0.217. The molecule has 1 aliphatic rings. The van der Waals surface area contributed by atoms with Crippen LogP contribution in [0.1, 0.15) is 27.8 Å². The van der Waals surface area contributed by atoms with Crippen LogP contribution in [0.15, 0.2) is 60.7 Å². The molecule has 4 rings (SSSR count). The first kappa shape index (κ1) is 15.4. The number of benzene rings is 3. The molecule has 24 heavy (non-hydrogen) atoms. The number of rotatable bonds is 2. The first-order valence-corrected chi connectivity index (χ1v) is 12.3. The number of fused-ring (bicyclic) bond motifs is 2. The van der Waals surface area contributed by atoms with Crippen LogP contribution in [-0.2, 0) is 0 Å². The van der Waals surface area contributed by atoms with Crippen LogP contribution in [0.4, 0.5) is 0 Å². The minimum absolute atomic E-state index is 0.568. The van der Waals surface area contributed by atoms with Crippen molar-refractivity contribution in [2.24, 2.45) is 0 Å². The molecule has 0 radical (unpaired) electrons. The van der Waals surface area contributed by atoms with Crippen molar-refractivity contribution < 1.29 is 0 Å². The third-order valence-electron chi connectivity index (χ3n) is 5.11. The molecule has 0 bridgehead atoms. The Morgan fingerprint density at radius 1 is 0.833 bits per heavy atom. The summed E-state index contributed by atoms with van der Waals surface area (Å²) in [5, 5.41) is 2.73. The molecule has 1 unspecified atom stereocenters. The zero-order chi connectivity index (χ0) is 16.9. The normalized spacial score (nSPS) is 17.0. The van der Waals surface area contributed by atoms with Crippen molar-refractivity contribution in [2.75, 3.05) is 0 Å². The second-order valence-electron chi connectivity index (χ2n) is 8.06. The van der Waals surface area contributed by atoms with E-state index in [0.29, 0.717) is 5.54 Å². The molecule has 3 aromatic carbocycles. The van der Waals surface area contributed by atoms with E-state index in [1.54, 1.807) is 0 Å². The Labute approximate surface area is 145 Å². The Morgan fingerprint density at radius 2 is 1.54 bits per heavy atom. The average Bonchev–Trinajstić information content (AvgIpc) is 2.93. The van der Waals surface area contributed by atoms with Gasteiger partial charge in [-0.05, 0) is 45.5 Å². The molecule has 120 valence electrons. The van der Waals surface area contributed by atoms with Gasteiger partial charge in [0.25, 0.3) is 0 Å². The van der Waals surface area contributed by atoms with Crippen molar-refractivity contribution in [1.29, 1.82) is 0 Å². The molecule has 3 aromatic rings. The molecule has 0 heterocycles. The van der Waals surface area contributed by atoms with E-state index in [-0.39, 0.29) is 0 Å². The Hall–Kier alpha value is -2.12. The largest absolute Gasteiger partial charge is 0.0688 e. The van der Waals surface area contributed by atoms with E-state index in [0.717, 1.165) is 0 Å². The lowest BCUT2D eigenvalue weighted by molar-refractivity contribution is 1.18. The molecule has 1 atom stereocenters. The average molecular weight is 329 g/mol. The van der Waals surface area contributed by atoms with Crippen LogP contribution in [-0.4, -0.2) is 8.07 Å². The highest BCUT2D eigenvalue weighted by atomic mass is 28.3. The molecular formula is C23H24Si. The van der Waals surface area contributed by atoms with Crippen LogP contribution in [0.2, 0.25) is 19.6 Å². The van der Waals surface area contributed by atoms with Gasteiger partial charge in [0.15, 0.2) is 0 Å². The molecule has 0 spiro atoms. The zero-order valence-corrected chi connectivity index (χ0v) is 15.9. The summed E-state index contributed by atoms with van der Waals surface area (Å²) in [7, 11) is -1.39. The Kier molecular flexibility index (Phi) is 3.50. The molecule has 0 N–H and O–H groups in total. The highest BCUT2D eigenvalue weighted by molar-refractivity contribution is 6.79. The monoisotopic (exact) mass is 328 g/mol. The third-order valence-corrected chi connectivity index (χ3v) is 7.47. The lowest BCUT2D eigenvalue weighted by Crippen LogP contribution is -2.30. The summed E-state index contributed by atoms with van der Waals surface area (Å²) in [5.41, 5.74) is 7.79. The van der Waals surface area contributed by atoms with Gasteiger partial charge in [-0.15, -0.1) is 0 Å². The van der Waals surface area contributed by atoms with E-state index >= 15 is 0 Å². The summed E-state index contributed by atoms with van der Waals surface area (Å²) in [4.78, 5) is 0. The number of hydrogen-bond donors (Lipinski definition) is 0. The highest BCUT2D eigenvalue weighted by Crippen LogP contribution is 2.48. The van der Waals surface area contributed by atoms with Crippen LogP contribution in [0, 0.1) is 6.92 Å². The number of hydrogen-bond acceptors (Lipinski definition) is 0. The van der Waals surface area contributed by atoms with Crippen molar-refractivity contribution in [3.05, 3.63) is 82.9 Å². The summed E-state index contributed by atoms with van der Waals surface area (Å²) in [6, 6.07) is 22.4.